The number of Topliss-reactive ketones (excluding diaryl/α,β-unsaturated/α-hetero) is 1. The Morgan fingerprint density at radius 2 is 1.46 bits per heavy atom. The lowest BCUT2D eigenvalue weighted by Crippen LogP contribution is -2.40. The number of aromatic amines is 2. The second-order valence-corrected chi connectivity index (χ2v) is 15.5. The zero-order valence-electron chi connectivity index (χ0n) is 33.3. The highest BCUT2D eigenvalue weighted by atomic mass is 19.4. The SMILES string of the molecule is CCC1c2cc3[nH]c4c(c5nc(cc6nc(cc([nH]2)C1C)C(C(C)=O)=C6C)[C@@H](C)[C@@H]5CCC(=O)OC)C(=O)N(Cc1cc(C(F)(F)F)cc(C(F)(F)F)c1)C(=O)c4c3C. The largest absolute Gasteiger partial charge is 0.469 e. The number of allylic oxidation sites excluding steroid dienone is 2. The van der Waals surface area contributed by atoms with Crippen molar-refractivity contribution in [1.29, 1.82) is 0 Å². The molecule has 16 heteroatoms. The fourth-order valence-electron chi connectivity index (χ4n) is 8.76. The molecule has 310 valence electrons. The molecular weight excluding hydrogens is 780 g/mol. The van der Waals surface area contributed by atoms with Gasteiger partial charge in [-0.3, -0.25) is 29.1 Å². The monoisotopic (exact) mass is 821 g/mol. The molecule has 2 amide bonds. The fraction of sp³-hybridized carbons (Fsp3) is 0.395. The number of hydrogen-bond donors (Lipinski definition) is 2. The van der Waals surface area contributed by atoms with Gasteiger partial charge in [0.2, 0.25) is 0 Å². The summed E-state index contributed by atoms with van der Waals surface area (Å²) in [7, 11) is 1.23. The minimum atomic E-state index is -5.17. The van der Waals surface area contributed by atoms with Crippen LogP contribution in [0.2, 0.25) is 0 Å². The van der Waals surface area contributed by atoms with Crippen molar-refractivity contribution in [3.05, 3.63) is 104 Å². The Labute approximate surface area is 334 Å². The van der Waals surface area contributed by atoms with E-state index < -0.39 is 65.2 Å². The first-order valence-electron chi connectivity index (χ1n) is 19.1. The zero-order valence-corrected chi connectivity index (χ0v) is 33.3. The van der Waals surface area contributed by atoms with E-state index in [4.69, 9.17) is 14.7 Å². The van der Waals surface area contributed by atoms with Crippen LogP contribution in [0.15, 0.2) is 36.4 Å². The van der Waals surface area contributed by atoms with Crippen molar-refractivity contribution in [2.75, 3.05) is 7.11 Å². The maximum atomic E-state index is 14.9. The van der Waals surface area contributed by atoms with Crippen molar-refractivity contribution in [3.63, 3.8) is 0 Å². The lowest BCUT2D eigenvalue weighted by Gasteiger charge is -2.27. The number of imide groups is 1. The molecule has 0 saturated carbocycles. The van der Waals surface area contributed by atoms with Crippen LogP contribution in [0.1, 0.15) is 155 Å². The zero-order chi connectivity index (χ0) is 43.0. The fourth-order valence-corrected chi connectivity index (χ4v) is 8.76. The Morgan fingerprint density at radius 1 is 0.814 bits per heavy atom. The van der Waals surface area contributed by atoms with E-state index in [0.29, 0.717) is 62.8 Å². The number of aromatic nitrogens is 4. The molecule has 0 saturated heterocycles. The number of aryl methyl sites for hydroxylation is 1. The minimum absolute atomic E-state index is 0.00277. The van der Waals surface area contributed by atoms with E-state index in [0.717, 1.165) is 11.4 Å². The molecule has 59 heavy (non-hydrogen) atoms. The first kappa shape index (κ1) is 41.4. The average molecular weight is 822 g/mol. The standard InChI is InChI=1S/C43H41F6N5O5/c1-8-26-18(2)28-16-33-35(22(6)55)20(4)30(51-33)14-29-19(3)27(9-10-34(56)59-7)38(52-29)37-39-36(21(5)31(53-39)15-32(26)50-28)40(57)54(41(37)58)17-23-11-24(42(44,45)46)13-25(12-23)43(47,48)49/h11-16,18-19,26-27,50,53H,8-10,17H2,1-7H3/t18?,19-,26?,27-/m0/s1. The van der Waals surface area contributed by atoms with Crippen molar-refractivity contribution in [2.45, 2.75) is 103 Å². The maximum Gasteiger partial charge on any atom is 0.416 e. The van der Waals surface area contributed by atoms with E-state index in [-0.39, 0.29) is 58.9 Å². The number of amides is 2. The Bertz CT molecular complexity index is 2530. The quantitative estimate of drug-likeness (QED) is 0.138. The van der Waals surface area contributed by atoms with Gasteiger partial charge in [0.25, 0.3) is 11.8 Å². The summed E-state index contributed by atoms with van der Waals surface area (Å²) >= 11 is 0. The van der Waals surface area contributed by atoms with Gasteiger partial charge in [-0.1, -0.05) is 20.8 Å². The summed E-state index contributed by atoms with van der Waals surface area (Å²) < 4.78 is 88.6. The lowest BCUT2D eigenvalue weighted by atomic mass is 9.84. The van der Waals surface area contributed by atoms with E-state index in [9.17, 15) is 45.5 Å². The summed E-state index contributed by atoms with van der Waals surface area (Å²) in [6.07, 6.45) is -9.62. The molecule has 2 unspecified atom stereocenters. The van der Waals surface area contributed by atoms with Crippen molar-refractivity contribution < 1.29 is 50.3 Å². The van der Waals surface area contributed by atoms with Gasteiger partial charge in [0.05, 0.1) is 58.5 Å². The van der Waals surface area contributed by atoms with E-state index >= 15 is 0 Å². The van der Waals surface area contributed by atoms with Gasteiger partial charge >= 0.3 is 18.3 Å². The van der Waals surface area contributed by atoms with Gasteiger partial charge in [-0.25, -0.2) is 4.98 Å². The van der Waals surface area contributed by atoms with Gasteiger partial charge in [0.15, 0.2) is 5.78 Å². The molecule has 0 fully saturated rings. The van der Waals surface area contributed by atoms with Crippen LogP contribution in [0, 0.1) is 6.92 Å². The molecule has 0 radical (unpaired) electrons. The average Bonchev–Trinajstić information content (AvgIpc) is 3.84. The second kappa shape index (κ2) is 14.8. The number of carbonyl (C=O) groups excluding carboxylic acids is 4. The van der Waals surface area contributed by atoms with Crippen LogP contribution in [0.25, 0.3) is 22.2 Å². The predicted molar refractivity (Wildman–Crippen MR) is 205 cm³/mol. The van der Waals surface area contributed by atoms with E-state index in [1.807, 2.05) is 32.9 Å². The molecule has 8 bridgehead atoms. The molecule has 1 aromatic carbocycles. The van der Waals surface area contributed by atoms with Gasteiger partial charge in [-0.05, 0) is 86.7 Å². The highest BCUT2D eigenvalue weighted by Crippen LogP contribution is 2.46. The number of ether oxygens (including phenoxy) is 1. The van der Waals surface area contributed by atoms with Gasteiger partial charge in [-0.2, -0.15) is 26.3 Å². The number of esters is 1. The molecule has 0 spiro atoms. The third-order valence-electron chi connectivity index (χ3n) is 12.0. The summed E-state index contributed by atoms with van der Waals surface area (Å²) in [6, 6.07) is 6.33. The Balaban J connectivity index is 1.57. The number of nitrogens with zero attached hydrogens (tertiary/aromatic N) is 3. The summed E-state index contributed by atoms with van der Waals surface area (Å²) in [5.41, 5.74) is 1.08. The topological polar surface area (TPSA) is 138 Å². The van der Waals surface area contributed by atoms with Gasteiger partial charge in [0, 0.05) is 58.3 Å². The van der Waals surface area contributed by atoms with E-state index in [1.165, 1.54) is 14.0 Å². The smallest absolute Gasteiger partial charge is 0.416 e. The van der Waals surface area contributed by atoms with Crippen LogP contribution >= 0.6 is 0 Å². The van der Waals surface area contributed by atoms with Crippen molar-refractivity contribution >= 4 is 45.7 Å². The summed E-state index contributed by atoms with van der Waals surface area (Å²) in [5.74, 6) is -3.94. The molecule has 4 aliphatic heterocycles. The number of halogens is 6. The summed E-state index contributed by atoms with van der Waals surface area (Å²) in [5, 5.41) is 0. The minimum Gasteiger partial charge on any atom is -0.469 e. The van der Waals surface area contributed by atoms with E-state index in [2.05, 4.69) is 9.97 Å². The van der Waals surface area contributed by atoms with Crippen LogP contribution in [0.4, 0.5) is 26.3 Å². The Hall–Kier alpha value is -5.80. The molecule has 0 aliphatic carbocycles. The Morgan fingerprint density at radius 3 is 2.05 bits per heavy atom. The number of alkyl halides is 6. The number of rotatable bonds is 7. The van der Waals surface area contributed by atoms with Crippen LogP contribution in [0.3, 0.4) is 0 Å². The molecule has 7 rings (SSSR count). The third kappa shape index (κ3) is 7.20. The first-order chi connectivity index (χ1) is 27.6. The molecule has 4 aliphatic rings. The molecule has 4 atom stereocenters. The van der Waals surface area contributed by atoms with Crippen molar-refractivity contribution in [3.8, 4) is 0 Å². The number of benzene rings is 1. The number of H-pyrrole nitrogens is 2. The normalized spacial score (nSPS) is 20.0. The predicted octanol–water partition coefficient (Wildman–Crippen LogP) is 9.84. The molecular formula is C43H41F6N5O5. The van der Waals surface area contributed by atoms with Gasteiger partial charge in [-0.15, -0.1) is 0 Å². The van der Waals surface area contributed by atoms with Crippen molar-refractivity contribution in [1.82, 2.24) is 24.8 Å². The van der Waals surface area contributed by atoms with Crippen LogP contribution in [0.5, 0.6) is 0 Å². The van der Waals surface area contributed by atoms with Gasteiger partial charge < -0.3 is 14.7 Å². The van der Waals surface area contributed by atoms with Gasteiger partial charge in [0.1, 0.15) is 0 Å². The second-order valence-electron chi connectivity index (χ2n) is 15.5. The van der Waals surface area contributed by atoms with Crippen LogP contribution in [-0.2, 0) is 33.2 Å². The summed E-state index contributed by atoms with van der Waals surface area (Å²) in [6.45, 7) is 9.82. The lowest BCUT2D eigenvalue weighted by molar-refractivity contribution is -0.143. The molecule has 6 heterocycles. The number of methoxy groups -OCH3 is 1. The van der Waals surface area contributed by atoms with E-state index in [1.54, 1.807) is 19.9 Å². The molecule has 3 aromatic rings. The third-order valence-corrected chi connectivity index (χ3v) is 12.0. The summed E-state index contributed by atoms with van der Waals surface area (Å²) in [4.78, 5) is 72.2. The maximum absolute atomic E-state index is 14.9. The first-order valence-corrected chi connectivity index (χ1v) is 19.1. The van der Waals surface area contributed by atoms with Crippen LogP contribution < -0.4 is 0 Å². The molecule has 2 N–H and O–H groups in total. The number of fused-ring (bicyclic) bond motifs is 8. The van der Waals surface area contributed by atoms with Crippen LogP contribution in [-0.4, -0.2) is 55.5 Å². The molecule has 2 aromatic heterocycles. The van der Waals surface area contributed by atoms with Crippen molar-refractivity contribution in [2.24, 2.45) is 0 Å². The number of ketones is 1. The highest BCUT2D eigenvalue weighted by Gasteiger charge is 2.43. The molecule has 10 nitrogen and oxygen atoms in total. The number of hydrogen-bond acceptors (Lipinski definition) is 7. The number of nitrogens with one attached hydrogen (secondary N) is 2. The highest BCUT2D eigenvalue weighted by molar-refractivity contribution is 6.27. The number of carbonyl (C=O) groups is 4. The Kier molecular flexibility index (Phi) is 10.4.